The van der Waals surface area contributed by atoms with Crippen LogP contribution < -0.4 is 0 Å². The summed E-state index contributed by atoms with van der Waals surface area (Å²) in [6.45, 7) is 0.395. The molecule has 0 radical (unpaired) electrons. The first-order valence-electron chi connectivity index (χ1n) is 8.28. The summed E-state index contributed by atoms with van der Waals surface area (Å²) >= 11 is 8.01. The van der Waals surface area contributed by atoms with Gasteiger partial charge in [-0.15, -0.1) is 11.6 Å². The van der Waals surface area contributed by atoms with E-state index in [9.17, 15) is 13.2 Å². The molecule has 0 bridgehead atoms. The first-order chi connectivity index (χ1) is 12.8. The van der Waals surface area contributed by atoms with E-state index in [0.29, 0.717) is 25.0 Å². The molecule has 0 heterocycles. The number of hydrogen-bond donors (Lipinski definition) is 1. The van der Waals surface area contributed by atoms with E-state index >= 15 is 0 Å². The van der Waals surface area contributed by atoms with Crippen LogP contribution in [0.2, 0.25) is 0 Å². The summed E-state index contributed by atoms with van der Waals surface area (Å²) < 4.78 is 36.3. The van der Waals surface area contributed by atoms with Gasteiger partial charge in [-0.25, -0.2) is 4.79 Å². The largest absolute Gasteiger partial charge is 0.461 e. The highest BCUT2D eigenvalue weighted by Crippen LogP contribution is 2.27. The Kier molecular flexibility index (Phi) is 8.16. The van der Waals surface area contributed by atoms with Crippen LogP contribution in [0.1, 0.15) is 33.3 Å². The summed E-state index contributed by atoms with van der Waals surface area (Å²) in [5.41, 5.74) is 2.33. The number of carbonyl (C=O) groups excluding carboxylic acids is 1. The zero-order valence-electron chi connectivity index (χ0n) is 14.8. The third kappa shape index (κ3) is 6.84. The van der Waals surface area contributed by atoms with E-state index in [0.717, 1.165) is 16.9 Å². The molecule has 1 unspecified atom stereocenters. The minimum Gasteiger partial charge on any atom is -0.461 e. The lowest BCUT2D eigenvalue weighted by atomic mass is 10.0. The second-order valence-electron chi connectivity index (χ2n) is 5.88. The minimum atomic E-state index is -4.20. The number of thioether (sulfide) groups is 1. The van der Waals surface area contributed by atoms with Crippen molar-refractivity contribution in [3.63, 3.8) is 0 Å². The van der Waals surface area contributed by atoms with Crippen LogP contribution in [0.4, 0.5) is 0 Å². The quantitative estimate of drug-likeness (QED) is 0.276. The smallest absolute Gasteiger partial charge is 0.338 e. The van der Waals surface area contributed by atoms with E-state index in [-0.39, 0.29) is 16.2 Å². The molecule has 0 saturated carbocycles. The number of ether oxygens (including phenoxy) is 1. The molecule has 0 aromatic heterocycles. The second kappa shape index (κ2) is 10.1. The summed E-state index contributed by atoms with van der Waals surface area (Å²) in [6.07, 6.45) is 3.30. The molecule has 0 aliphatic rings. The number of halogens is 1. The number of esters is 1. The average Bonchev–Trinajstić information content (AvgIpc) is 2.66. The molecular formula is C19H21ClO5S2. The van der Waals surface area contributed by atoms with Crippen molar-refractivity contribution in [2.24, 2.45) is 0 Å². The van der Waals surface area contributed by atoms with E-state index in [4.69, 9.17) is 20.9 Å². The molecule has 0 fully saturated rings. The lowest BCUT2D eigenvalue weighted by Crippen LogP contribution is -2.07. The van der Waals surface area contributed by atoms with E-state index in [2.05, 4.69) is 0 Å². The average molecular weight is 429 g/mol. The van der Waals surface area contributed by atoms with E-state index in [1.54, 1.807) is 36.0 Å². The Morgan fingerprint density at radius 2 is 1.78 bits per heavy atom. The molecule has 0 spiro atoms. The van der Waals surface area contributed by atoms with Crippen molar-refractivity contribution in [3.8, 4) is 0 Å². The van der Waals surface area contributed by atoms with Crippen molar-refractivity contribution in [3.05, 3.63) is 65.2 Å². The maximum atomic E-state index is 11.9. The molecule has 0 aliphatic heterocycles. The van der Waals surface area contributed by atoms with Gasteiger partial charge >= 0.3 is 5.97 Å². The highest BCUT2D eigenvalue weighted by atomic mass is 35.5. The van der Waals surface area contributed by atoms with Gasteiger partial charge in [-0.3, -0.25) is 4.55 Å². The Morgan fingerprint density at radius 1 is 1.15 bits per heavy atom. The fraction of sp³-hybridized carbons (Fsp3) is 0.316. The maximum absolute atomic E-state index is 11.9. The number of carbonyl (C=O) groups is 1. The van der Waals surface area contributed by atoms with Crippen molar-refractivity contribution in [1.82, 2.24) is 0 Å². The Bertz CT molecular complexity index is 849. The predicted molar refractivity (Wildman–Crippen MR) is 108 cm³/mol. The lowest BCUT2D eigenvalue weighted by Gasteiger charge is -2.11. The van der Waals surface area contributed by atoms with Gasteiger partial charge in [-0.05, 0) is 54.5 Å². The van der Waals surface area contributed by atoms with Crippen LogP contribution in [0.3, 0.4) is 0 Å². The number of aryl methyl sites for hydroxylation is 1. The summed E-state index contributed by atoms with van der Waals surface area (Å²) in [7, 11) is -4.20. The van der Waals surface area contributed by atoms with Crippen LogP contribution in [0.15, 0.2) is 53.4 Å². The second-order valence-corrected chi connectivity index (χ2v) is 8.81. The molecule has 2 aromatic rings. The molecule has 1 atom stereocenters. The summed E-state index contributed by atoms with van der Waals surface area (Å²) in [4.78, 5) is 11.7. The lowest BCUT2D eigenvalue weighted by molar-refractivity contribution is 0.0530. The summed E-state index contributed by atoms with van der Waals surface area (Å²) in [5, 5.41) is -0.295. The number of alkyl halides is 1. The van der Waals surface area contributed by atoms with Gasteiger partial charge in [0.1, 0.15) is 6.61 Å². The summed E-state index contributed by atoms with van der Waals surface area (Å²) in [6, 6.07) is 13.1. The van der Waals surface area contributed by atoms with E-state index < -0.39 is 10.1 Å². The molecule has 2 rings (SSSR count). The van der Waals surface area contributed by atoms with Crippen LogP contribution in [-0.2, 0) is 21.3 Å². The normalized spacial score (nSPS) is 12.6. The van der Waals surface area contributed by atoms with Crippen LogP contribution in [0.25, 0.3) is 0 Å². The molecule has 5 nitrogen and oxygen atoms in total. The first kappa shape index (κ1) is 21.8. The van der Waals surface area contributed by atoms with Crippen molar-refractivity contribution >= 4 is 39.5 Å². The topological polar surface area (TPSA) is 80.7 Å². The third-order valence-electron chi connectivity index (χ3n) is 3.94. The zero-order chi connectivity index (χ0) is 19.9. The number of rotatable bonds is 9. The van der Waals surface area contributed by atoms with Crippen molar-refractivity contribution in [1.29, 1.82) is 0 Å². The highest BCUT2D eigenvalue weighted by Gasteiger charge is 2.13. The minimum absolute atomic E-state index is 0.157. The Labute approximate surface area is 168 Å². The van der Waals surface area contributed by atoms with Gasteiger partial charge in [-0.1, -0.05) is 24.3 Å². The van der Waals surface area contributed by atoms with Crippen LogP contribution in [-0.4, -0.2) is 37.6 Å². The zero-order valence-corrected chi connectivity index (χ0v) is 17.2. The molecular weight excluding hydrogens is 408 g/mol. The molecule has 0 saturated heterocycles. The standard InChI is InChI=1S/C19H21ClO5S2/c1-26-13-12-25-19(21)16-5-2-14(3-6-16)4-11-18(20)15-7-9-17(10-8-15)27(22,23)24/h2-3,5-10,18H,4,11-13H2,1H3,(H,22,23,24). The van der Waals surface area contributed by atoms with Gasteiger partial charge < -0.3 is 4.74 Å². The molecule has 27 heavy (non-hydrogen) atoms. The Morgan fingerprint density at radius 3 is 2.33 bits per heavy atom. The fourth-order valence-electron chi connectivity index (χ4n) is 2.42. The molecule has 146 valence electrons. The predicted octanol–water partition coefficient (Wildman–Crippen LogP) is 4.37. The summed E-state index contributed by atoms with van der Waals surface area (Å²) in [5.74, 6) is 0.441. The van der Waals surface area contributed by atoms with Gasteiger partial charge in [0.2, 0.25) is 0 Å². The fourth-order valence-corrected chi connectivity index (χ4v) is 3.40. The number of benzene rings is 2. The monoisotopic (exact) mass is 428 g/mol. The third-order valence-corrected chi connectivity index (χ3v) is 5.85. The van der Waals surface area contributed by atoms with Crippen LogP contribution in [0, 0.1) is 0 Å². The van der Waals surface area contributed by atoms with Gasteiger partial charge in [0.05, 0.1) is 15.8 Å². The Hall–Kier alpha value is -1.54. The molecule has 2 aromatic carbocycles. The van der Waals surface area contributed by atoms with Crippen LogP contribution in [0.5, 0.6) is 0 Å². The first-order valence-corrected chi connectivity index (χ1v) is 11.5. The van der Waals surface area contributed by atoms with Gasteiger partial charge in [0.15, 0.2) is 0 Å². The van der Waals surface area contributed by atoms with E-state index in [1.807, 2.05) is 18.4 Å². The SMILES string of the molecule is CSCCOC(=O)c1ccc(CCC(Cl)c2ccc(S(=O)(=O)O)cc2)cc1. The van der Waals surface area contributed by atoms with Crippen molar-refractivity contribution in [2.45, 2.75) is 23.1 Å². The van der Waals surface area contributed by atoms with Crippen LogP contribution >= 0.6 is 23.4 Å². The van der Waals surface area contributed by atoms with Gasteiger partial charge in [0, 0.05) is 5.75 Å². The van der Waals surface area contributed by atoms with E-state index in [1.165, 1.54) is 12.1 Å². The van der Waals surface area contributed by atoms with Gasteiger partial charge in [-0.2, -0.15) is 20.2 Å². The van der Waals surface area contributed by atoms with Crippen molar-refractivity contribution in [2.75, 3.05) is 18.6 Å². The maximum Gasteiger partial charge on any atom is 0.338 e. The van der Waals surface area contributed by atoms with Gasteiger partial charge in [0.25, 0.3) is 10.1 Å². The molecule has 0 aliphatic carbocycles. The Balaban J connectivity index is 1.89. The van der Waals surface area contributed by atoms with Crippen molar-refractivity contribution < 1.29 is 22.5 Å². The molecule has 1 N–H and O–H groups in total. The number of hydrogen-bond acceptors (Lipinski definition) is 5. The molecule has 0 amide bonds. The molecule has 8 heteroatoms. The highest BCUT2D eigenvalue weighted by molar-refractivity contribution is 7.98.